The SMILES string of the molecule is C=C(C)/C(=C\C(=NC)n1ccnc(C(C)(C)O)c1=O)n1c(C)cc(OCc2ncc(F)cc2F)c(Cl)c1=O. The maximum atomic E-state index is 13.9. The second-order valence-electron chi connectivity index (χ2n) is 8.88. The van der Waals surface area contributed by atoms with E-state index < -0.39 is 28.4 Å². The van der Waals surface area contributed by atoms with E-state index >= 15 is 0 Å². The van der Waals surface area contributed by atoms with Crippen LogP contribution < -0.4 is 15.9 Å². The van der Waals surface area contributed by atoms with Crippen LogP contribution in [0.5, 0.6) is 5.75 Å². The summed E-state index contributed by atoms with van der Waals surface area (Å²) in [5, 5.41) is 10.0. The van der Waals surface area contributed by atoms with Gasteiger partial charge in [0.15, 0.2) is 5.82 Å². The van der Waals surface area contributed by atoms with Gasteiger partial charge in [-0.1, -0.05) is 18.2 Å². The van der Waals surface area contributed by atoms with Crippen molar-refractivity contribution < 1.29 is 18.6 Å². The van der Waals surface area contributed by atoms with Gasteiger partial charge in [-0.3, -0.25) is 33.7 Å². The van der Waals surface area contributed by atoms with Crippen LogP contribution in [0.4, 0.5) is 8.78 Å². The molecule has 0 atom stereocenters. The molecule has 3 heterocycles. The van der Waals surface area contributed by atoms with E-state index in [1.807, 2.05) is 0 Å². The van der Waals surface area contributed by atoms with E-state index in [9.17, 15) is 23.5 Å². The normalized spacial score (nSPS) is 12.6. The standard InChI is InChI=1S/C26H26ClF2N5O4/c1-14(2)19(11-21(30-6)33-8-7-31-23(25(33)36)26(4,5)37)34-15(3)9-20(22(27)24(34)35)38-13-18-17(29)10-16(28)12-32-18/h7-12,37H,1,13H2,2-6H3/b19-11+,30-21?. The molecule has 0 saturated heterocycles. The third kappa shape index (κ3) is 5.95. The minimum Gasteiger partial charge on any atom is -0.485 e. The van der Waals surface area contributed by atoms with Gasteiger partial charge in [0.2, 0.25) is 0 Å². The molecule has 1 N–H and O–H groups in total. The van der Waals surface area contributed by atoms with Crippen LogP contribution in [0.1, 0.15) is 37.9 Å². The Bertz CT molecular complexity index is 1590. The Balaban J connectivity index is 2.08. The molecule has 38 heavy (non-hydrogen) atoms. The molecular formula is C26H26ClF2N5O4. The van der Waals surface area contributed by atoms with Gasteiger partial charge < -0.3 is 9.84 Å². The van der Waals surface area contributed by atoms with Gasteiger partial charge in [0, 0.05) is 43.3 Å². The highest BCUT2D eigenvalue weighted by Crippen LogP contribution is 2.26. The molecule has 3 rings (SSSR count). The number of hydrogen-bond donors (Lipinski definition) is 1. The lowest BCUT2D eigenvalue weighted by atomic mass is 10.1. The van der Waals surface area contributed by atoms with E-state index in [1.165, 1.54) is 54.6 Å². The predicted octanol–water partition coefficient (Wildman–Crippen LogP) is 3.84. The number of aromatic nitrogens is 4. The van der Waals surface area contributed by atoms with Crippen LogP contribution >= 0.6 is 11.6 Å². The first-order valence-corrected chi connectivity index (χ1v) is 11.6. The molecule has 200 valence electrons. The van der Waals surface area contributed by atoms with Crippen molar-refractivity contribution in [3.63, 3.8) is 0 Å². The largest absolute Gasteiger partial charge is 0.485 e. The molecule has 12 heteroatoms. The number of allylic oxidation sites excluding steroid dienone is 3. The van der Waals surface area contributed by atoms with Crippen LogP contribution in [0, 0.1) is 18.6 Å². The number of aliphatic imine (C=N–C) groups is 1. The number of pyridine rings is 2. The van der Waals surface area contributed by atoms with Crippen molar-refractivity contribution in [2.75, 3.05) is 7.05 Å². The summed E-state index contributed by atoms with van der Waals surface area (Å²) in [6, 6.07) is 2.14. The summed E-state index contributed by atoms with van der Waals surface area (Å²) in [4.78, 5) is 38.2. The first-order valence-electron chi connectivity index (χ1n) is 11.3. The molecule has 0 saturated carbocycles. The van der Waals surface area contributed by atoms with Gasteiger partial charge in [-0.25, -0.2) is 8.78 Å². The lowest BCUT2D eigenvalue weighted by Gasteiger charge is -2.19. The predicted molar refractivity (Wildman–Crippen MR) is 141 cm³/mol. The molecule has 0 amide bonds. The molecule has 0 aliphatic heterocycles. The van der Waals surface area contributed by atoms with Gasteiger partial charge in [0.1, 0.15) is 46.0 Å². The first-order chi connectivity index (χ1) is 17.8. The fourth-order valence-electron chi connectivity index (χ4n) is 3.54. The van der Waals surface area contributed by atoms with Gasteiger partial charge >= 0.3 is 0 Å². The molecule has 0 aliphatic rings. The zero-order valence-electron chi connectivity index (χ0n) is 21.4. The number of halogens is 3. The average molecular weight is 546 g/mol. The van der Waals surface area contributed by atoms with Crippen molar-refractivity contribution in [2.45, 2.75) is 39.9 Å². The molecule has 3 aromatic rings. The van der Waals surface area contributed by atoms with E-state index in [0.29, 0.717) is 17.3 Å². The maximum absolute atomic E-state index is 13.9. The molecule has 3 aromatic heterocycles. The smallest absolute Gasteiger partial charge is 0.280 e. The van der Waals surface area contributed by atoms with Gasteiger partial charge in [0.05, 0.1) is 11.9 Å². The third-order valence-corrected chi connectivity index (χ3v) is 5.74. The molecular weight excluding hydrogens is 520 g/mol. The monoisotopic (exact) mass is 545 g/mol. The van der Waals surface area contributed by atoms with E-state index in [4.69, 9.17) is 16.3 Å². The summed E-state index contributed by atoms with van der Waals surface area (Å²) in [5.74, 6) is -1.62. The number of aryl methyl sites for hydroxylation is 1. The van der Waals surface area contributed by atoms with Gasteiger partial charge in [0.25, 0.3) is 11.1 Å². The van der Waals surface area contributed by atoms with Crippen LogP contribution in [0.15, 0.2) is 63.5 Å². The lowest BCUT2D eigenvalue weighted by molar-refractivity contribution is 0.0719. The van der Waals surface area contributed by atoms with Crippen LogP contribution in [0.25, 0.3) is 5.70 Å². The summed E-state index contributed by atoms with van der Waals surface area (Å²) in [5.41, 5.74) is -1.90. The fraction of sp³-hybridized carbons (Fsp3) is 0.269. The van der Waals surface area contributed by atoms with E-state index in [0.717, 1.165) is 6.20 Å². The molecule has 0 unspecified atom stereocenters. The molecule has 0 radical (unpaired) electrons. The van der Waals surface area contributed by atoms with Crippen molar-refractivity contribution in [3.05, 3.63) is 103 Å². The first kappa shape index (κ1) is 28.6. The van der Waals surface area contributed by atoms with Crippen molar-refractivity contribution in [2.24, 2.45) is 4.99 Å². The van der Waals surface area contributed by atoms with Crippen molar-refractivity contribution in [1.29, 1.82) is 0 Å². The summed E-state index contributed by atoms with van der Waals surface area (Å²) in [6.45, 7) is 9.70. The molecule has 0 aliphatic carbocycles. The van der Waals surface area contributed by atoms with E-state index in [-0.39, 0.29) is 40.3 Å². The third-order valence-electron chi connectivity index (χ3n) is 5.39. The molecule has 0 spiro atoms. The van der Waals surface area contributed by atoms with Crippen LogP contribution in [0.2, 0.25) is 5.02 Å². The van der Waals surface area contributed by atoms with Crippen molar-refractivity contribution in [1.82, 2.24) is 19.1 Å². The highest BCUT2D eigenvalue weighted by molar-refractivity contribution is 6.31. The minimum absolute atomic E-state index is 0.0263. The quantitative estimate of drug-likeness (QED) is 0.274. The topological polar surface area (TPSA) is 112 Å². The van der Waals surface area contributed by atoms with Gasteiger partial charge in [-0.2, -0.15) is 0 Å². The van der Waals surface area contributed by atoms with Crippen LogP contribution in [-0.4, -0.2) is 37.1 Å². The molecule has 0 bridgehead atoms. The molecule has 0 fully saturated rings. The molecule has 0 aromatic carbocycles. The maximum Gasteiger partial charge on any atom is 0.280 e. The summed E-state index contributed by atoms with van der Waals surface area (Å²) in [6.07, 6.45) is 5.06. The van der Waals surface area contributed by atoms with Crippen molar-refractivity contribution in [3.8, 4) is 5.75 Å². The van der Waals surface area contributed by atoms with E-state index in [2.05, 4.69) is 21.5 Å². The van der Waals surface area contributed by atoms with Crippen LogP contribution in [0.3, 0.4) is 0 Å². The summed E-state index contributed by atoms with van der Waals surface area (Å²) in [7, 11) is 1.46. The number of hydrogen-bond acceptors (Lipinski definition) is 7. The minimum atomic E-state index is -1.50. The van der Waals surface area contributed by atoms with Crippen molar-refractivity contribution >= 4 is 23.1 Å². The van der Waals surface area contributed by atoms with Gasteiger partial charge in [-0.15, -0.1) is 0 Å². The Morgan fingerprint density at radius 3 is 2.53 bits per heavy atom. The summed E-state index contributed by atoms with van der Waals surface area (Å²) >= 11 is 6.32. The number of nitrogens with zero attached hydrogens (tertiary/aromatic N) is 5. The second kappa shape index (κ2) is 11.2. The zero-order valence-corrected chi connectivity index (χ0v) is 22.2. The Hall–Kier alpha value is -3.96. The number of rotatable bonds is 7. The Kier molecular flexibility index (Phi) is 8.43. The fourth-order valence-corrected chi connectivity index (χ4v) is 3.73. The number of aliphatic hydroxyl groups is 1. The Labute approximate surface area is 222 Å². The van der Waals surface area contributed by atoms with Crippen LogP contribution in [-0.2, 0) is 12.2 Å². The Morgan fingerprint density at radius 1 is 1.26 bits per heavy atom. The van der Waals surface area contributed by atoms with E-state index in [1.54, 1.807) is 13.8 Å². The lowest BCUT2D eigenvalue weighted by Crippen LogP contribution is -2.36. The van der Waals surface area contributed by atoms with Gasteiger partial charge in [-0.05, 0) is 33.3 Å². The second-order valence-corrected chi connectivity index (χ2v) is 9.25. The molecule has 9 nitrogen and oxygen atoms in total. The zero-order chi connectivity index (χ0) is 28.4. The highest BCUT2D eigenvalue weighted by atomic mass is 35.5. The summed E-state index contributed by atoms with van der Waals surface area (Å²) < 4.78 is 35.0. The Morgan fingerprint density at radius 2 is 1.95 bits per heavy atom. The highest BCUT2D eigenvalue weighted by Gasteiger charge is 2.24. The average Bonchev–Trinajstić information content (AvgIpc) is 2.83. The number of ether oxygens (including phenoxy) is 1.